The van der Waals surface area contributed by atoms with Crippen LogP contribution in [-0.2, 0) is 28.7 Å². The molecule has 0 aliphatic carbocycles. The topological polar surface area (TPSA) is 155 Å². The van der Waals surface area contributed by atoms with Crippen LogP contribution in [0.15, 0.2) is 30.4 Å². The molecule has 0 fully saturated rings. The Kier molecular flexibility index (Phi) is 8.99. The number of hydrogen-bond donors (Lipinski definition) is 2. The van der Waals surface area contributed by atoms with Crippen LogP contribution < -0.4 is 14.8 Å². The molecule has 1 amide bonds. The lowest BCUT2D eigenvalue weighted by atomic mass is 10.1. The molecule has 2 N–H and O–H groups in total. The van der Waals surface area contributed by atoms with E-state index in [0.717, 1.165) is 27.0 Å². The molecular weight excluding hydrogens is 390 g/mol. The molecule has 1 unspecified atom stereocenters. The first kappa shape index (κ1) is 23.3. The molecule has 1 aromatic rings. The normalized spacial score (nSPS) is 11.3. The molecule has 0 bridgehead atoms. The summed E-state index contributed by atoms with van der Waals surface area (Å²) in [5.41, 5.74) is 0.217. The summed E-state index contributed by atoms with van der Waals surface area (Å²) in [5.74, 6) is -3.37. The number of aliphatic hydroxyl groups is 1. The van der Waals surface area contributed by atoms with Gasteiger partial charge in [-0.25, -0.2) is 14.4 Å². The Morgan fingerprint density at radius 3 is 2.17 bits per heavy atom. The van der Waals surface area contributed by atoms with E-state index >= 15 is 0 Å². The Bertz CT molecular complexity index is 830. The number of nitrogens with one attached hydrogen (secondary N) is 1. The van der Waals surface area contributed by atoms with E-state index in [1.165, 1.54) is 18.2 Å². The zero-order valence-electron chi connectivity index (χ0n) is 15.8. The Hall–Kier alpha value is -3.73. The molecule has 0 heterocycles. The van der Waals surface area contributed by atoms with Crippen LogP contribution in [0.3, 0.4) is 0 Å². The Morgan fingerprint density at radius 1 is 1.00 bits per heavy atom. The predicted molar refractivity (Wildman–Crippen MR) is 94.7 cm³/mol. The van der Waals surface area contributed by atoms with E-state index in [1.54, 1.807) is 0 Å². The smallest absolute Gasteiger partial charge is 0.415 e. The van der Waals surface area contributed by atoms with E-state index in [1.807, 2.05) is 0 Å². The van der Waals surface area contributed by atoms with Crippen molar-refractivity contribution in [1.82, 2.24) is 5.32 Å². The van der Waals surface area contributed by atoms with Gasteiger partial charge < -0.3 is 29.4 Å². The lowest BCUT2D eigenvalue weighted by Gasteiger charge is -2.15. The monoisotopic (exact) mass is 409 g/mol. The van der Waals surface area contributed by atoms with Gasteiger partial charge in [-0.05, 0) is 17.7 Å². The second kappa shape index (κ2) is 11.2. The van der Waals surface area contributed by atoms with Crippen LogP contribution in [0.25, 0.3) is 0 Å². The van der Waals surface area contributed by atoms with Crippen LogP contribution in [0.5, 0.6) is 11.5 Å². The Morgan fingerprint density at radius 2 is 1.59 bits per heavy atom. The number of amides is 1. The van der Waals surface area contributed by atoms with Gasteiger partial charge >= 0.3 is 30.0 Å². The van der Waals surface area contributed by atoms with Crippen molar-refractivity contribution in [3.05, 3.63) is 35.9 Å². The minimum Gasteiger partial charge on any atom is -0.466 e. The molecule has 1 rings (SSSR count). The minimum atomic E-state index is -1.27. The summed E-state index contributed by atoms with van der Waals surface area (Å²) < 4.78 is 18.5. The van der Waals surface area contributed by atoms with Crippen LogP contribution in [0, 0.1) is 0 Å². The second-order valence-electron chi connectivity index (χ2n) is 5.36. The number of rotatable bonds is 7. The number of ether oxygens (including phenoxy) is 4. The van der Waals surface area contributed by atoms with Gasteiger partial charge in [0.15, 0.2) is 11.5 Å². The molecule has 0 aliphatic rings. The number of aliphatic hydroxyl groups excluding tert-OH is 1. The summed E-state index contributed by atoms with van der Waals surface area (Å²) in [4.78, 5) is 56.0. The average Bonchev–Trinajstić information content (AvgIpc) is 2.64. The summed E-state index contributed by atoms with van der Waals surface area (Å²) in [6, 6.07) is 3.94. The van der Waals surface area contributed by atoms with E-state index in [2.05, 4.69) is 14.8 Å². The second-order valence-corrected chi connectivity index (χ2v) is 5.36. The molecule has 0 aromatic heterocycles. The highest BCUT2D eigenvalue weighted by Crippen LogP contribution is 2.31. The van der Waals surface area contributed by atoms with Crippen molar-refractivity contribution in [2.75, 3.05) is 13.7 Å². The Labute approximate surface area is 165 Å². The molecule has 11 nitrogen and oxygen atoms in total. The zero-order chi connectivity index (χ0) is 22.0. The summed E-state index contributed by atoms with van der Waals surface area (Å²) in [5, 5.41) is 12.3. The summed E-state index contributed by atoms with van der Waals surface area (Å²) in [6.07, 6.45) is -0.976. The number of carbonyl (C=O) groups excluding carboxylic acids is 5. The molecule has 0 saturated carbocycles. The van der Waals surface area contributed by atoms with Crippen molar-refractivity contribution in [3.63, 3.8) is 0 Å². The van der Waals surface area contributed by atoms with Gasteiger partial charge in [0.05, 0.1) is 19.8 Å². The quantitative estimate of drug-likeness (QED) is 0.282. The van der Waals surface area contributed by atoms with Crippen LogP contribution in [-0.4, -0.2) is 48.7 Å². The summed E-state index contributed by atoms with van der Waals surface area (Å²) >= 11 is 0. The standard InChI is InChI=1S/C18H19NO10/c1-10(20)27-14-5-4-12(8-15(14)28-11(2)21)13(22)9-19-18(25)29-17(24)7-6-16(23)26-3/h4-8,13,22H,9H2,1-3H3,(H,19,25)/b7-6+. The van der Waals surface area contributed by atoms with E-state index < -0.39 is 36.1 Å². The van der Waals surface area contributed by atoms with Gasteiger partial charge in [0, 0.05) is 26.0 Å². The third-order valence-corrected chi connectivity index (χ3v) is 3.05. The third kappa shape index (κ3) is 8.67. The summed E-state index contributed by atoms with van der Waals surface area (Å²) in [7, 11) is 1.11. The van der Waals surface area contributed by atoms with E-state index in [4.69, 9.17) is 9.47 Å². The molecule has 0 radical (unpaired) electrons. The first-order valence-corrected chi connectivity index (χ1v) is 8.07. The Balaban J connectivity index is 2.72. The number of methoxy groups -OCH3 is 1. The van der Waals surface area contributed by atoms with Gasteiger partial charge in [-0.1, -0.05) is 6.07 Å². The molecule has 11 heteroatoms. The molecule has 0 spiro atoms. The van der Waals surface area contributed by atoms with Crippen molar-refractivity contribution in [2.24, 2.45) is 0 Å². The molecule has 156 valence electrons. The van der Waals surface area contributed by atoms with E-state index in [0.29, 0.717) is 6.08 Å². The minimum absolute atomic E-state index is 0.0287. The fourth-order valence-electron chi connectivity index (χ4n) is 1.87. The average molecular weight is 409 g/mol. The van der Waals surface area contributed by atoms with Crippen molar-refractivity contribution in [2.45, 2.75) is 20.0 Å². The molecule has 1 atom stereocenters. The number of esters is 4. The summed E-state index contributed by atoms with van der Waals surface area (Å²) in [6.45, 7) is 1.95. The third-order valence-electron chi connectivity index (χ3n) is 3.05. The van der Waals surface area contributed by atoms with Crippen molar-refractivity contribution >= 4 is 30.0 Å². The molecule has 29 heavy (non-hydrogen) atoms. The number of hydrogen-bond acceptors (Lipinski definition) is 10. The molecule has 0 saturated heterocycles. The van der Waals surface area contributed by atoms with E-state index in [-0.39, 0.29) is 23.6 Å². The van der Waals surface area contributed by atoms with Gasteiger partial charge in [0.1, 0.15) is 0 Å². The van der Waals surface area contributed by atoms with Crippen molar-refractivity contribution in [1.29, 1.82) is 0 Å². The lowest BCUT2D eigenvalue weighted by Crippen LogP contribution is -2.30. The van der Waals surface area contributed by atoms with Crippen molar-refractivity contribution in [3.8, 4) is 11.5 Å². The molecular formula is C18H19NO10. The van der Waals surface area contributed by atoms with Crippen LogP contribution in [0.2, 0.25) is 0 Å². The molecule has 1 aromatic carbocycles. The SMILES string of the molecule is COC(=O)/C=C/C(=O)OC(=O)NCC(O)c1ccc(OC(C)=O)c(OC(C)=O)c1. The maximum atomic E-state index is 11.5. The van der Waals surface area contributed by atoms with Crippen LogP contribution in [0.1, 0.15) is 25.5 Å². The van der Waals surface area contributed by atoms with Gasteiger partial charge in [0.25, 0.3) is 0 Å². The highest BCUT2D eigenvalue weighted by Gasteiger charge is 2.17. The van der Waals surface area contributed by atoms with Gasteiger partial charge in [-0.15, -0.1) is 0 Å². The maximum absolute atomic E-state index is 11.5. The van der Waals surface area contributed by atoms with Gasteiger partial charge in [-0.2, -0.15) is 0 Å². The number of carbonyl (C=O) groups is 5. The first-order chi connectivity index (χ1) is 13.6. The number of benzene rings is 1. The van der Waals surface area contributed by atoms with Gasteiger partial charge in [0.2, 0.25) is 0 Å². The first-order valence-electron chi connectivity index (χ1n) is 8.07. The van der Waals surface area contributed by atoms with Crippen molar-refractivity contribution < 1.29 is 48.0 Å². The predicted octanol–water partition coefficient (Wildman–Crippen LogP) is 0.553. The van der Waals surface area contributed by atoms with Crippen LogP contribution in [0.4, 0.5) is 4.79 Å². The largest absolute Gasteiger partial charge is 0.466 e. The molecule has 0 aliphatic heterocycles. The fraction of sp³-hybridized carbons (Fsp3) is 0.278. The highest BCUT2D eigenvalue weighted by atomic mass is 16.6. The zero-order valence-corrected chi connectivity index (χ0v) is 15.8. The lowest BCUT2D eigenvalue weighted by molar-refractivity contribution is -0.136. The van der Waals surface area contributed by atoms with E-state index in [9.17, 15) is 29.1 Å². The fourth-order valence-corrected chi connectivity index (χ4v) is 1.87. The number of alkyl carbamates (subject to hydrolysis) is 1. The highest BCUT2D eigenvalue weighted by molar-refractivity contribution is 5.96. The van der Waals surface area contributed by atoms with Crippen LogP contribution >= 0.6 is 0 Å². The van der Waals surface area contributed by atoms with Gasteiger partial charge in [-0.3, -0.25) is 9.59 Å². The maximum Gasteiger partial charge on any atom is 0.415 e.